The summed E-state index contributed by atoms with van der Waals surface area (Å²) in [6.45, 7) is 7.68. The Balaban J connectivity index is 2.58. The van der Waals surface area contributed by atoms with Crippen LogP contribution in [0.1, 0.15) is 36.7 Å². The maximum absolute atomic E-state index is 13.6. The average molecular weight is 260 g/mol. The zero-order valence-electron chi connectivity index (χ0n) is 11.6. The van der Waals surface area contributed by atoms with Crippen molar-refractivity contribution >= 4 is 6.29 Å². The Bertz CT molecular complexity index is 624. The van der Waals surface area contributed by atoms with Crippen molar-refractivity contribution in [1.29, 1.82) is 0 Å². The predicted molar refractivity (Wildman–Crippen MR) is 72.7 cm³/mol. The Kier molecular flexibility index (Phi) is 3.27. The summed E-state index contributed by atoms with van der Waals surface area (Å²) >= 11 is 0. The lowest BCUT2D eigenvalue weighted by molar-refractivity contribution is 0.112. The van der Waals surface area contributed by atoms with E-state index in [-0.39, 0.29) is 11.4 Å². The van der Waals surface area contributed by atoms with Crippen molar-refractivity contribution in [3.63, 3.8) is 0 Å². The second-order valence-electron chi connectivity index (χ2n) is 5.63. The maximum atomic E-state index is 13.6. The minimum absolute atomic E-state index is 0.223. The first-order valence-corrected chi connectivity index (χ1v) is 6.15. The standard InChI is InChI=1S/C15H17FN2O/c1-10-5-6-11(7-13(10)16)14-12(9-19)8-18(17-14)15(2,3)4/h5-9H,1-4H3. The lowest BCUT2D eigenvalue weighted by Gasteiger charge is -2.18. The molecule has 0 unspecified atom stereocenters. The molecule has 100 valence electrons. The van der Waals surface area contributed by atoms with Gasteiger partial charge >= 0.3 is 0 Å². The van der Waals surface area contributed by atoms with E-state index in [9.17, 15) is 9.18 Å². The molecule has 0 bridgehead atoms. The summed E-state index contributed by atoms with van der Waals surface area (Å²) in [5, 5.41) is 4.41. The smallest absolute Gasteiger partial charge is 0.153 e. The van der Waals surface area contributed by atoms with Crippen molar-refractivity contribution in [3.05, 3.63) is 41.3 Å². The van der Waals surface area contributed by atoms with Crippen LogP contribution in [0.15, 0.2) is 24.4 Å². The van der Waals surface area contributed by atoms with E-state index in [1.807, 2.05) is 20.8 Å². The number of hydrogen-bond acceptors (Lipinski definition) is 2. The van der Waals surface area contributed by atoms with Crippen LogP contribution in [0.25, 0.3) is 11.3 Å². The van der Waals surface area contributed by atoms with Crippen molar-refractivity contribution in [1.82, 2.24) is 9.78 Å². The number of aryl methyl sites for hydroxylation is 1. The van der Waals surface area contributed by atoms with Crippen molar-refractivity contribution in [3.8, 4) is 11.3 Å². The Morgan fingerprint density at radius 1 is 1.32 bits per heavy atom. The van der Waals surface area contributed by atoms with Crippen molar-refractivity contribution in [2.75, 3.05) is 0 Å². The molecule has 2 aromatic rings. The number of aromatic nitrogens is 2. The molecule has 1 heterocycles. The highest BCUT2D eigenvalue weighted by molar-refractivity contribution is 5.85. The molecule has 0 saturated carbocycles. The normalized spacial score (nSPS) is 11.6. The van der Waals surface area contributed by atoms with Gasteiger partial charge in [-0.1, -0.05) is 12.1 Å². The van der Waals surface area contributed by atoms with E-state index in [4.69, 9.17) is 0 Å². The van der Waals surface area contributed by atoms with E-state index in [0.29, 0.717) is 22.4 Å². The van der Waals surface area contributed by atoms with Gasteiger partial charge in [0, 0.05) is 11.8 Å². The number of aldehydes is 1. The number of nitrogens with zero attached hydrogens (tertiary/aromatic N) is 2. The van der Waals surface area contributed by atoms with Gasteiger partial charge in [-0.25, -0.2) is 4.39 Å². The molecule has 0 radical (unpaired) electrons. The van der Waals surface area contributed by atoms with E-state index < -0.39 is 0 Å². The summed E-state index contributed by atoms with van der Waals surface area (Å²) in [4.78, 5) is 11.1. The van der Waals surface area contributed by atoms with Crippen molar-refractivity contribution < 1.29 is 9.18 Å². The van der Waals surface area contributed by atoms with Gasteiger partial charge in [-0.2, -0.15) is 5.10 Å². The van der Waals surface area contributed by atoms with Gasteiger partial charge in [0.05, 0.1) is 11.1 Å². The topological polar surface area (TPSA) is 34.9 Å². The molecule has 19 heavy (non-hydrogen) atoms. The lowest BCUT2D eigenvalue weighted by atomic mass is 10.1. The number of carbonyl (C=O) groups is 1. The molecule has 2 rings (SSSR count). The predicted octanol–water partition coefficient (Wildman–Crippen LogP) is 3.57. The number of carbonyl (C=O) groups excluding carboxylic acids is 1. The van der Waals surface area contributed by atoms with Gasteiger partial charge in [0.25, 0.3) is 0 Å². The molecular weight excluding hydrogens is 243 g/mol. The molecule has 0 fully saturated rings. The van der Waals surface area contributed by atoms with E-state index in [2.05, 4.69) is 5.10 Å². The van der Waals surface area contributed by atoms with Crippen LogP contribution in [0.3, 0.4) is 0 Å². The molecule has 4 heteroatoms. The first-order chi connectivity index (χ1) is 8.82. The van der Waals surface area contributed by atoms with Gasteiger partial charge in [0.1, 0.15) is 11.5 Å². The van der Waals surface area contributed by atoms with Crippen LogP contribution < -0.4 is 0 Å². The first kappa shape index (κ1) is 13.5. The molecule has 0 saturated heterocycles. The molecule has 0 aliphatic rings. The SMILES string of the molecule is Cc1ccc(-c2nn(C(C)(C)C)cc2C=O)cc1F. The molecule has 0 atom stereocenters. The van der Waals surface area contributed by atoms with Crippen molar-refractivity contribution in [2.45, 2.75) is 33.2 Å². The minimum atomic E-state index is -0.292. The zero-order valence-corrected chi connectivity index (χ0v) is 11.6. The molecule has 0 amide bonds. The summed E-state index contributed by atoms with van der Waals surface area (Å²) in [5.41, 5.74) is 1.96. The van der Waals surface area contributed by atoms with Crippen LogP contribution in [0.4, 0.5) is 4.39 Å². The van der Waals surface area contributed by atoms with Crippen LogP contribution in [-0.2, 0) is 5.54 Å². The van der Waals surface area contributed by atoms with Gasteiger partial charge in [-0.15, -0.1) is 0 Å². The molecule has 1 aromatic heterocycles. The van der Waals surface area contributed by atoms with E-state index in [0.717, 1.165) is 6.29 Å². The Morgan fingerprint density at radius 2 is 2.00 bits per heavy atom. The molecule has 0 N–H and O–H groups in total. The summed E-state index contributed by atoms with van der Waals surface area (Å²) in [5.74, 6) is -0.292. The average Bonchev–Trinajstić information content (AvgIpc) is 2.76. The minimum Gasteiger partial charge on any atom is -0.298 e. The van der Waals surface area contributed by atoms with Crippen LogP contribution in [0.2, 0.25) is 0 Å². The number of benzene rings is 1. The summed E-state index contributed by atoms with van der Waals surface area (Å²) < 4.78 is 15.3. The lowest BCUT2D eigenvalue weighted by Crippen LogP contribution is -2.22. The summed E-state index contributed by atoms with van der Waals surface area (Å²) in [7, 11) is 0. The summed E-state index contributed by atoms with van der Waals surface area (Å²) in [6.07, 6.45) is 2.45. The van der Waals surface area contributed by atoms with Gasteiger partial charge in [-0.3, -0.25) is 9.48 Å². The van der Waals surface area contributed by atoms with E-state index in [1.165, 1.54) is 6.07 Å². The van der Waals surface area contributed by atoms with E-state index in [1.54, 1.807) is 29.9 Å². The Hall–Kier alpha value is -1.97. The molecule has 1 aromatic carbocycles. The van der Waals surface area contributed by atoms with Crippen LogP contribution in [0, 0.1) is 12.7 Å². The molecule has 0 aliphatic carbocycles. The molecule has 3 nitrogen and oxygen atoms in total. The highest BCUT2D eigenvalue weighted by Gasteiger charge is 2.19. The fourth-order valence-electron chi connectivity index (χ4n) is 1.78. The third kappa shape index (κ3) is 2.57. The quantitative estimate of drug-likeness (QED) is 0.774. The maximum Gasteiger partial charge on any atom is 0.153 e. The fourth-order valence-corrected chi connectivity index (χ4v) is 1.78. The van der Waals surface area contributed by atoms with Gasteiger partial charge in [0.2, 0.25) is 0 Å². The first-order valence-electron chi connectivity index (χ1n) is 6.15. The third-order valence-corrected chi connectivity index (χ3v) is 3.00. The van der Waals surface area contributed by atoms with Crippen LogP contribution in [0.5, 0.6) is 0 Å². The van der Waals surface area contributed by atoms with Gasteiger partial charge in [0.15, 0.2) is 6.29 Å². The number of halogens is 1. The van der Waals surface area contributed by atoms with Crippen LogP contribution in [-0.4, -0.2) is 16.1 Å². The molecule has 0 aliphatic heterocycles. The summed E-state index contributed by atoms with van der Waals surface area (Å²) in [6, 6.07) is 4.88. The molecular formula is C15H17FN2O. The number of hydrogen-bond donors (Lipinski definition) is 0. The number of rotatable bonds is 2. The fraction of sp³-hybridized carbons (Fsp3) is 0.333. The molecule has 0 spiro atoms. The Labute approximate surface area is 112 Å². The Morgan fingerprint density at radius 3 is 2.53 bits per heavy atom. The largest absolute Gasteiger partial charge is 0.298 e. The second kappa shape index (κ2) is 4.61. The second-order valence-corrected chi connectivity index (χ2v) is 5.63. The van der Waals surface area contributed by atoms with Crippen molar-refractivity contribution in [2.24, 2.45) is 0 Å². The highest BCUT2D eigenvalue weighted by atomic mass is 19.1. The van der Waals surface area contributed by atoms with E-state index >= 15 is 0 Å². The van der Waals surface area contributed by atoms with Gasteiger partial charge < -0.3 is 0 Å². The highest BCUT2D eigenvalue weighted by Crippen LogP contribution is 2.25. The van der Waals surface area contributed by atoms with Crippen LogP contribution >= 0.6 is 0 Å². The monoisotopic (exact) mass is 260 g/mol. The third-order valence-electron chi connectivity index (χ3n) is 3.00. The van der Waals surface area contributed by atoms with Gasteiger partial charge in [-0.05, 0) is 39.3 Å². The zero-order chi connectivity index (χ0) is 14.2.